The maximum absolute atomic E-state index is 13.1. The predicted octanol–water partition coefficient (Wildman–Crippen LogP) is -8.71. The van der Waals surface area contributed by atoms with Gasteiger partial charge in [-0.05, 0) is 6.42 Å². The van der Waals surface area contributed by atoms with Crippen molar-refractivity contribution in [2.75, 3.05) is 26.2 Å². The lowest BCUT2D eigenvalue weighted by molar-refractivity contribution is -0.321. The Morgan fingerprint density at radius 3 is 2.11 bits per heavy atom. The van der Waals surface area contributed by atoms with Crippen molar-refractivity contribution in [3.63, 3.8) is 0 Å². The largest absolute Gasteiger partial charge is 0.394 e. The van der Waals surface area contributed by atoms with Crippen LogP contribution in [0.5, 0.6) is 0 Å². The van der Waals surface area contributed by atoms with Gasteiger partial charge in [0.2, 0.25) is 0 Å². The minimum Gasteiger partial charge on any atom is -0.394 e. The molecule has 5 fully saturated rings. The molecule has 0 bridgehead atoms. The van der Waals surface area contributed by atoms with E-state index in [9.17, 15) is 40.5 Å². The highest BCUT2D eigenvalue weighted by atomic mass is 16.7. The molecule has 45 heavy (non-hydrogen) atoms. The molecule has 0 spiro atoms. The number of nitrogens with one attached hydrogen (secondary N) is 3. The lowest BCUT2D eigenvalue weighted by Crippen LogP contribution is -2.72. The molecule has 0 radical (unpaired) electrons. The fourth-order valence-electron chi connectivity index (χ4n) is 6.67. The highest BCUT2D eigenvalue weighted by molar-refractivity contribution is 5.86. The summed E-state index contributed by atoms with van der Waals surface area (Å²) in [5.41, 5.74) is 22.3. The summed E-state index contributed by atoms with van der Waals surface area (Å²) in [7, 11) is 0. The molecule has 1 unspecified atom stereocenters. The molecule has 5 aliphatic rings. The van der Waals surface area contributed by atoms with Crippen molar-refractivity contribution in [3.8, 4) is 0 Å². The lowest BCUT2D eigenvalue weighted by atomic mass is 9.75. The molecule has 2 saturated carbocycles. The van der Waals surface area contributed by atoms with E-state index in [1.165, 1.54) is 0 Å². The van der Waals surface area contributed by atoms with Gasteiger partial charge in [-0.15, -0.1) is 0 Å². The third-order valence-electron chi connectivity index (χ3n) is 9.62. The number of carbonyl (C=O) groups excluding carboxylic acids is 1. The zero-order chi connectivity index (χ0) is 32.8. The summed E-state index contributed by atoms with van der Waals surface area (Å²) in [6.07, 6.45) is -15.1. The number of aliphatic hydroxyl groups excluding tert-OH is 6. The zero-order valence-electron chi connectivity index (χ0n) is 24.7. The van der Waals surface area contributed by atoms with Gasteiger partial charge >= 0.3 is 0 Å². The number of amides is 1. The molecule has 15 atom stereocenters. The van der Waals surface area contributed by atoms with Crippen LogP contribution in [0.25, 0.3) is 0 Å². The van der Waals surface area contributed by atoms with Gasteiger partial charge in [-0.25, -0.2) is 0 Å². The zero-order valence-corrected chi connectivity index (χ0v) is 24.7. The molecule has 2 aliphatic carbocycles. The molecule has 18 N–H and O–H groups in total. The highest BCUT2D eigenvalue weighted by Crippen LogP contribution is 2.35. The van der Waals surface area contributed by atoms with Gasteiger partial charge in [0.15, 0.2) is 12.6 Å². The van der Waals surface area contributed by atoms with Crippen LogP contribution in [0.15, 0.2) is 0 Å². The van der Waals surface area contributed by atoms with Crippen LogP contribution in [-0.2, 0) is 23.7 Å². The molecule has 3 aliphatic heterocycles. The summed E-state index contributed by atoms with van der Waals surface area (Å²) in [4.78, 5) is 13.1. The molecule has 5 rings (SSSR count). The average molecular weight is 652 g/mol. The molecule has 0 aromatic rings. The van der Waals surface area contributed by atoms with Crippen molar-refractivity contribution in [1.82, 2.24) is 16.0 Å². The maximum atomic E-state index is 13.1. The molecule has 0 aromatic carbocycles. The van der Waals surface area contributed by atoms with Crippen molar-refractivity contribution < 1.29 is 59.5 Å². The van der Waals surface area contributed by atoms with Gasteiger partial charge in [0.25, 0.3) is 5.91 Å². The number of ether oxygens (including phenoxy) is 4. The number of hydrogen-bond donors (Lipinski definition) is 14. The van der Waals surface area contributed by atoms with Crippen LogP contribution in [0.2, 0.25) is 0 Å². The summed E-state index contributed by atoms with van der Waals surface area (Å²) in [5, 5.41) is 83.6. The van der Waals surface area contributed by atoms with E-state index in [4.69, 9.17) is 41.9 Å². The number of rotatable bonds is 10. The van der Waals surface area contributed by atoms with Gasteiger partial charge in [0.05, 0.1) is 24.7 Å². The summed E-state index contributed by atoms with van der Waals surface area (Å²) >= 11 is 0. The van der Waals surface area contributed by atoms with E-state index in [0.717, 1.165) is 0 Å². The molecule has 3 saturated heterocycles. The second-order valence-corrected chi connectivity index (χ2v) is 13.0. The topological polar surface area (TPSA) is 336 Å². The second-order valence-electron chi connectivity index (χ2n) is 13.0. The van der Waals surface area contributed by atoms with Gasteiger partial charge in [-0.3, -0.25) is 4.79 Å². The summed E-state index contributed by atoms with van der Waals surface area (Å²) in [6.45, 7) is 0.402. The van der Waals surface area contributed by atoms with E-state index < -0.39 is 110 Å². The number of aliphatic hydroxyl groups is 7. The van der Waals surface area contributed by atoms with Crippen LogP contribution < -0.4 is 38.9 Å². The average Bonchev–Trinajstić information content (AvgIpc) is 2.96. The Balaban J connectivity index is 1.38. The third kappa shape index (κ3) is 7.01. The minimum absolute atomic E-state index is 0.0210. The van der Waals surface area contributed by atoms with Crippen molar-refractivity contribution in [2.45, 2.75) is 129 Å². The van der Waals surface area contributed by atoms with E-state index in [1.807, 2.05) is 0 Å². The van der Waals surface area contributed by atoms with Crippen molar-refractivity contribution >= 4 is 5.91 Å². The SMILES string of the molecule is NC[C@H]1O[C@H](OC2[C@@H](N)C[C@@H](NC(=O)C3(O)CC(N)C3)[C@H](O[C@H]3O[C@H](CO)[C@@H](O)[C@H](N)[C@H]3O)[C@H]2O)[C@H](NC2CNC2)[C@@H](O)[C@@H]1O. The van der Waals surface area contributed by atoms with Gasteiger partial charge in [0.1, 0.15) is 60.5 Å². The number of hydrogen-bond acceptors (Lipinski definition) is 18. The highest BCUT2D eigenvalue weighted by Gasteiger charge is 2.54. The first-order chi connectivity index (χ1) is 21.3. The van der Waals surface area contributed by atoms with Crippen LogP contribution in [0.1, 0.15) is 19.3 Å². The summed E-state index contributed by atoms with van der Waals surface area (Å²) in [5.74, 6) is -0.760. The molecular formula is C26H49N7O12. The quantitative estimate of drug-likeness (QED) is 0.104. The van der Waals surface area contributed by atoms with Crippen molar-refractivity contribution in [2.24, 2.45) is 22.9 Å². The van der Waals surface area contributed by atoms with E-state index in [1.54, 1.807) is 0 Å². The van der Waals surface area contributed by atoms with Crippen LogP contribution >= 0.6 is 0 Å². The first-order valence-corrected chi connectivity index (χ1v) is 15.4. The Labute approximate surface area is 259 Å². The number of nitrogens with two attached hydrogens (primary N) is 4. The van der Waals surface area contributed by atoms with E-state index in [2.05, 4.69) is 16.0 Å². The smallest absolute Gasteiger partial charge is 0.252 e. The Morgan fingerprint density at radius 2 is 1.53 bits per heavy atom. The Morgan fingerprint density at radius 1 is 0.889 bits per heavy atom. The van der Waals surface area contributed by atoms with Crippen molar-refractivity contribution in [3.05, 3.63) is 0 Å². The number of carbonyl (C=O) groups is 1. The molecule has 1 amide bonds. The van der Waals surface area contributed by atoms with Crippen LogP contribution in [0, 0.1) is 0 Å². The summed E-state index contributed by atoms with van der Waals surface area (Å²) < 4.78 is 23.7. The monoisotopic (exact) mass is 651 g/mol. The first-order valence-electron chi connectivity index (χ1n) is 15.4. The Hall–Kier alpha value is -1.21. The first kappa shape index (κ1) is 35.1. The third-order valence-corrected chi connectivity index (χ3v) is 9.62. The van der Waals surface area contributed by atoms with Crippen molar-refractivity contribution in [1.29, 1.82) is 0 Å². The van der Waals surface area contributed by atoms with Gasteiger partial charge in [0, 0.05) is 50.6 Å². The van der Waals surface area contributed by atoms with Crippen LogP contribution in [-0.4, -0.2) is 177 Å². The normalized spacial score (nSPS) is 50.8. The predicted molar refractivity (Wildman–Crippen MR) is 151 cm³/mol. The molecule has 3 heterocycles. The van der Waals surface area contributed by atoms with Crippen LogP contribution in [0.3, 0.4) is 0 Å². The molecule has 260 valence electrons. The molecule has 19 nitrogen and oxygen atoms in total. The second kappa shape index (κ2) is 14.1. The molecular weight excluding hydrogens is 602 g/mol. The van der Waals surface area contributed by atoms with Gasteiger partial charge < -0.3 is 93.6 Å². The summed E-state index contributed by atoms with van der Waals surface area (Å²) in [6, 6.07) is -4.68. The van der Waals surface area contributed by atoms with Gasteiger partial charge in [-0.1, -0.05) is 0 Å². The van der Waals surface area contributed by atoms with Crippen LogP contribution in [0.4, 0.5) is 0 Å². The Bertz CT molecular complexity index is 1010. The molecule has 19 heteroatoms. The Kier molecular flexibility index (Phi) is 11.0. The van der Waals surface area contributed by atoms with Gasteiger partial charge in [-0.2, -0.15) is 0 Å². The maximum Gasteiger partial charge on any atom is 0.252 e. The lowest BCUT2D eigenvalue weighted by Gasteiger charge is -2.50. The molecule has 0 aromatic heterocycles. The fraction of sp³-hybridized carbons (Fsp3) is 0.962. The van der Waals surface area contributed by atoms with E-state index >= 15 is 0 Å². The fourth-order valence-corrected chi connectivity index (χ4v) is 6.67. The minimum atomic E-state index is -1.74. The van der Waals surface area contributed by atoms with E-state index in [0.29, 0.717) is 13.1 Å². The standard InChI is InChI=1S/C26H49N7O12/c27-4-12-17(36)19(38)15(32-9-5-31-6-9)23(42-12)44-21-10(29)1-11(33-25(40)26(41)2-8(28)3-26)22(20(21)39)45-24-18(37)14(30)16(35)13(7-34)43-24/h8-24,31-32,34-39,41H,1-7,27-30H2,(H,33,40)/t8?,10-,11+,12+,13+,14-,15+,16+,17+,18+,19+,20-,21?,22-,23+,24+,26?/m0/s1. The van der Waals surface area contributed by atoms with E-state index in [-0.39, 0.29) is 37.9 Å².